The molecule has 1 aliphatic rings. The molecule has 1 saturated heterocycles. The number of morpholine rings is 1. The van der Waals surface area contributed by atoms with Crippen LogP contribution in [-0.2, 0) is 4.74 Å². The van der Waals surface area contributed by atoms with Crippen LogP contribution in [0.5, 0.6) is 0 Å². The van der Waals surface area contributed by atoms with Crippen molar-refractivity contribution in [2.24, 2.45) is 0 Å². The van der Waals surface area contributed by atoms with E-state index in [4.69, 9.17) is 10.5 Å². The zero-order valence-corrected chi connectivity index (χ0v) is 12.3. The molecule has 1 atom stereocenters. The van der Waals surface area contributed by atoms with Crippen LogP contribution in [0.1, 0.15) is 28.1 Å². The van der Waals surface area contributed by atoms with Gasteiger partial charge in [-0.1, -0.05) is 0 Å². The summed E-state index contributed by atoms with van der Waals surface area (Å²) in [5.74, 6) is -0.00519. The monoisotopic (exact) mass is 299 g/mol. The molecule has 0 bridgehead atoms. The Morgan fingerprint density at radius 2 is 2.14 bits per heavy atom. The number of aromatic nitrogens is 3. The molecule has 0 aromatic carbocycles. The van der Waals surface area contributed by atoms with Crippen LogP contribution >= 0.6 is 0 Å². The molecule has 7 nitrogen and oxygen atoms in total. The summed E-state index contributed by atoms with van der Waals surface area (Å²) in [6.07, 6.45) is 2.82. The zero-order valence-electron chi connectivity index (χ0n) is 12.3. The first-order valence-electron chi connectivity index (χ1n) is 7.05. The van der Waals surface area contributed by atoms with Gasteiger partial charge < -0.3 is 15.4 Å². The number of ether oxygens (including phenoxy) is 1. The SMILES string of the molecule is Cc1cc(N)cc(C2CN(C(=O)c3ncccn3)CCO2)n1. The van der Waals surface area contributed by atoms with E-state index in [-0.39, 0.29) is 17.8 Å². The summed E-state index contributed by atoms with van der Waals surface area (Å²) >= 11 is 0. The third kappa shape index (κ3) is 3.04. The second-order valence-corrected chi connectivity index (χ2v) is 5.15. The highest BCUT2D eigenvalue weighted by molar-refractivity contribution is 5.90. The predicted molar refractivity (Wildman–Crippen MR) is 80.0 cm³/mol. The van der Waals surface area contributed by atoms with Gasteiger partial charge in [-0.2, -0.15) is 0 Å². The third-order valence-electron chi connectivity index (χ3n) is 3.44. The van der Waals surface area contributed by atoms with Gasteiger partial charge in [0.15, 0.2) is 0 Å². The van der Waals surface area contributed by atoms with Gasteiger partial charge in [-0.3, -0.25) is 9.78 Å². The Morgan fingerprint density at radius 1 is 1.36 bits per heavy atom. The molecule has 1 unspecified atom stereocenters. The van der Waals surface area contributed by atoms with Crippen LogP contribution in [0.3, 0.4) is 0 Å². The number of nitrogens with zero attached hydrogens (tertiary/aromatic N) is 4. The average Bonchev–Trinajstić information content (AvgIpc) is 2.54. The first kappa shape index (κ1) is 14.4. The van der Waals surface area contributed by atoms with Crippen LogP contribution in [0.25, 0.3) is 0 Å². The lowest BCUT2D eigenvalue weighted by molar-refractivity contribution is -0.0251. The van der Waals surface area contributed by atoms with Gasteiger partial charge in [-0.15, -0.1) is 0 Å². The van der Waals surface area contributed by atoms with Gasteiger partial charge in [0.25, 0.3) is 5.91 Å². The van der Waals surface area contributed by atoms with E-state index in [1.807, 2.05) is 6.92 Å². The minimum absolute atomic E-state index is 0.194. The normalized spacial score (nSPS) is 18.2. The molecule has 1 amide bonds. The summed E-state index contributed by atoms with van der Waals surface area (Å²) in [7, 11) is 0. The van der Waals surface area contributed by atoms with Crippen molar-refractivity contribution in [2.45, 2.75) is 13.0 Å². The summed E-state index contributed by atoms with van der Waals surface area (Å²) < 4.78 is 5.74. The number of nitrogen functional groups attached to an aromatic ring is 1. The highest BCUT2D eigenvalue weighted by Gasteiger charge is 2.28. The Morgan fingerprint density at radius 3 is 2.86 bits per heavy atom. The van der Waals surface area contributed by atoms with Gasteiger partial charge in [-0.05, 0) is 25.1 Å². The number of aryl methyl sites for hydroxylation is 1. The number of hydrogen-bond acceptors (Lipinski definition) is 6. The Labute approximate surface area is 128 Å². The van der Waals surface area contributed by atoms with E-state index in [0.717, 1.165) is 11.4 Å². The Bertz CT molecular complexity index is 657. The predicted octanol–water partition coefficient (Wildman–Crippen LogP) is 0.976. The third-order valence-corrected chi connectivity index (χ3v) is 3.44. The minimum atomic E-state index is -0.288. The Hall–Kier alpha value is -2.54. The molecular formula is C15H17N5O2. The molecule has 2 aromatic rings. The largest absolute Gasteiger partial charge is 0.399 e. The van der Waals surface area contributed by atoms with Crippen molar-refractivity contribution in [3.8, 4) is 0 Å². The lowest BCUT2D eigenvalue weighted by Crippen LogP contribution is -2.43. The molecule has 2 N–H and O–H groups in total. The van der Waals surface area contributed by atoms with Crippen LogP contribution in [0, 0.1) is 6.92 Å². The van der Waals surface area contributed by atoms with Crippen molar-refractivity contribution in [1.29, 1.82) is 0 Å². The van der Waals surface area contributed by atoms with E-state index < -0.39 is 0 Å². The molecule has 0 aliphatic carbocycles. The van der Waals surface area contributed by atoms with Crippen molar-refractivity contribution in [3.05, 3.63) is 47.8 Å². The first-order chi connectivity index (χ1) is 10.6. The fourth-order valence-electron chi connectivity index (χ4n) is 2.45. The van der Waals surface area contributed by atoms with Crippen LogP contribution in [0.15, 0.2) is 30.6 Å². The maximum Gasteiger partial charge on any atom is 0.291 e. The van der Waals surface area contributed by atoms with Crippen LogP contribution < -0.4 is 5.73 Å². The Kier molecular flexibility index (Phi) is 3.97. The number of amides is 1. The van der Waals surface area contributed by atoms with Crippen molar-refractivity contribution in [2.75, 3.05) is 25.4 Å². The summed E-state index contributed by atoms with van der Waals surface area (Å²) in [5, 5.41) is 0. The van der Waals surface area contributed by atoms with E-state index >= 15 is 0 Å². The second kappa shape index (κ2) is 6.07. The quantitative estimate of drug-likeness (QED) is 0.888. The maximum atomic E-state index is 12.4. The zero-order chi connectivity index (χ0) is 15.5. The van der Waals surface area contributed by atoms with Crippen molar-refractivity contribution >= 4 is 11.6 Å². The number of carbonyl (C=O) groups is 1. The molecule has 0 saturated carbocycles. The number of carbonyl (C=O) groups excluding carboxylic acids is 1. The van der Waals surface area contributed by atoms with Gasteiger partial charge in [0, 0.05) is 30.3 Å². The topological polar surface area (TPSA) is 94.2 Å². The molecule has 1 fully saturated rings. The van der Waals surface area contributed by atoms with Gasteiger partial charge in [0.1, 0.15) is 6.10 Å². The maximum absolute atomic E-state index is 12.4. The molecule has 3 rings (SSSR count). The number of hydrogen-bond donors (Lipinski definition) is 1. The van der Waals surface area contributed by atoms with E-state index in [2.05, 4.69) is 15.0 Å². The molecule has 1 aliphatic heterocycles. The van der Waals surface area contributed by atoms with Crippen LogP contribution in [0.2, 0.25) is 0 Å². The van der Waals surface area contributed by atoms with Gasteiger partial charge in [0.05, 0.1) is 18.8 Å². The highest BCUT2D eigenvalue weighted by atomic mass is 16.5. The van der Waals surface area contributed by atoms with E-state index in [1.54, 1.807) is 35.5 Å². The Balaban J connectivity index is 1.78. The van der Waals surface area contributed by atoms with Crippen LogP contribution in [-0.4, -0.2) is 45.5 Å². The molecule has 3 heterocycles. The molecule has 7 heteroatoms. The smallest absolute Gasteiger partial charge is 0.291 e. The fourth-order valence-corrected chi connectivity index (χ4v) is 2.45. The van der Waals surface area contributed by atoms with Gasteiger partial charge in [-0.25, -0.2) is 9.97 Å². The minimum Gasteiger partial charge on any atom is -0.399 e. The lowest BCUT2D eigenvalue weighted by Gasteiger charge is -2.32. The molecule has 114 valence electrons. The fraction of sp³-hybridized carbons (Fsp3) is 0.333. The highest BCUT2D eigenvalue weighted by Crippen LogP contribution is 2.23. The van der Waals surface area contributed by atoms with E-state index in [9.17, 15) is 4.79 Å². The molecule has 0 radical (unpaired) electrons. The van der Waals surface area contributed by atoms with Crippen molar-refractivity contribution in [1.82, 2.24) is 19.9 Å². The molecule has 2 aromatic heterocycles. The van der Waals surface area contributed by atoms with E-state index in [0.29, 0.717) is 25.4 Å². The van der Waals surface area contributed by atoms with Gasteiger partial charge >= 0.3 is 0 Å². The summed E-state index contributed by atoms with van der Waals surface area (Å²) in [4.78, 5) is 26.5. The summed E-state index contributed by atoms with van der Waals surface area (Å²) in [6, 6.07) is 5.26. The number of anilines is 1. The van der Waals surface area contributed by atoms with Crippen molar-refractivity contribution in [3.63, 3.8) is 0 Å². The number of rotatable bonds is 2. The summed E-state index contributed by atoms with van der Waals surface area (Å²) in [6.45, 7) is 3.24. The number of pyridine rings is 1. The molecule has 0 spiro atoms. The number of nitrogens with two attached hydrogens (primary N) is 1. The molecule has 22 heavy (non-hydrogen) atoms. The second-order valence-electron chi connectivity index (χ2n) is 5.15. The standard InChI is InChI=1S/C15H17N5O2/c1-10-7-11(16)8-12(19-10)13-9-20(5-6-22-13)15(21)14-17-3-2-4-18-14/h2-4,7-8,13H,5-6,9H2,1H3,(H2,16,19). The summed E-state index contributed by atoms with van der Waals surface area (Å²) in [5.41, 5.74) is 8.06. The van der Waals surface area contributed by atoms with Crippen molar-refractivity contribution < 1.29 is 9.53 Å². The first-order valence-corrected chi connectivity index (χ1v) is 7.05. The van der Waals surface area contributed by atoms with E-state index in [1.165, 1.54) is 0 Å². The van der Waals surface area contributed by atoms with Crippen LogP contribution in [0.4, 0.5) is 5.69 Å². The molecular weight excluding hydrogens is 282 g/mol. The average molecular weight is 299 g/mol. The van der Waals surface area contributed by atoms with Gasteiger partial charge in [0.2, 0.25) is 5.82 Å². The lowest BCUT2D eigenvalue weighted by atomic mass is 10.1.